The number of fused-ring (bicyclic) bond motifs is 1. The lowest BCUT2D eigenvalue weighted by molar-refractivity contribution is -0.118. The lowest BCUT2D eigenvalue weighted by Gasteiger charge is -2.23. The second-order valence-electron chi connectivity index (χ2n) is 8.56. The zero-order valence-corrected chi connectivity index (χ0v) is 19.0. The number of aromatic nitrogens is 1. The largest absolute Gasteiger partial charge is 0.483 e. The van der Waals surface area contributed by atoms with Crippen LogP contribution in [0.15, 0.2) is 47.8 Å². The number of aryl methyl sites for hydroxylation is 1. The van der Waals surface area contributed by atoms with Crippen LogP contribution in [0.1, 0.15) is 65.9 Å². The number of rotatable bonds is 6. The number of benzene rings is 2. The highest BCUT2D eigenvalue weighted by Crippen LogP contribution is 2.40. The molecule has 1 aromatic heterocycles. The van der Waals surface area contributed by atoms with E-state index in [4.69, 9.17) is 4.74 Å². The Hall–Kier alpha value is -2.99. The molecule has 31 heavy (non-hydrogen) atoms. The van der Waals surface area contributed by atoms with Crippen LogP contribution in [0.2, 0.25) is 0 Å². The van der Waals surface area contributed by atoms with Gasteiger partial charge in [0.1, 0.15) is 5.75 Å². The van der Waals surface area contributed by atoms with Gasteiger partial charge in [0.05, 0.1) is 11.3 Å². The first-order valence-electron chi connectivity index (χ1n) is 10.4. The van der Waals surface area contributed by atoms with Gasteiger partial charge in [0.15, 0.2) is 17.5 Å². The van der Waals surface area contributed by atoms with Crippen molar-refractivity contribution >= 4 is 28.2 Å². The molecule has 4 rings (SSSR count). The van der Waals surface area contributed by atoms with E-state index in [0.717, 1.165) is 22.4 Å². The molecule has 1 atom stereocenters. The highest BCUT2D eigenvalue weighted by atomic mass is 32.1. The van der Waals surface area contributed by atoms with Crippen molar-refractivity contribution in [2.75, 3.05) is 11.9 Å². The number of carbonyl (C=O) groups is 2. The molecule has 0 radical (unpaired) electrons. The number of Topliss-reactive ketones (excluding diaryl/α,β-unsaturated/α-hetero) is 1. The topological polar surface area (TPSA) is 68.3 Å². The molecule has 0 bridgehead atoms. The van der Waals surface area contributed by atoms with E-state index in [1.165, 1.54) is 11.3 Å². The van der Waals surface area contributed by atoms with Crippen LogP contribution in [-0.4, -0.2) is 23.3 Å². The number of hydrogen-bond acceptors (Lipinski definition) is 5. The number of carbonyl (C=O) groups excluding carboxylic acids is 2. The standard InChI is InChI=1S/C25H26N2O3S/c1-15-10-11-19(23-18(28)12-16(2)22(15)23)30-13-21(29)27-24-26-20(14-31-24)25(3,4)17-8-6-5-7-9-17/h5-11,14,16H,12-13H2,1-4H3,(H,26,27,29). The molecule has 0 spiro atoms. The van der Waals surface area contributed by atoms with Gasteiger partial charge in [-0.2, -0.15) is 0 Å². The predicted octanol–water partition coefficient (Wildman–Crippen LogP) is 5.48. The third kappa shape index (κ3) is 4.12. The van der Waals surface area contributed by atoms with Gasteiger partial charge in [0.2, 0.25) is 0 Å². The molecule has 0 fully saturated rings. The minimum Gasteiger partial charge on any atom is -0.483 e. The predicted molar refractivity (Wildman–Crippen MR) is 123 cm³/mol. The van der Waals surface area contributed by atoms with Crippen molar-refractivity contribution in [1.82, 2.24) is 4.98 Å². The van der Waals surface area contributed by atoms with E-state index in [-0.39, 0.29) is 29.6 Å². The number of amides is 1. The lowest BCUT2D eigenvalue weighted by atomic mass is 9.82. The minimum absolute atomic E-state index is 0.0781. The first-order valence-corrected chi connectivity index (χ1v) is 11.3. The summed E-state index contributed by atoms with van der Waals surface area (Å²) in [5.74, 6) is 0.442. The zero-order chi connectivity index (χ0) is 22.2. The Labute approximate surface area is 186 Å². The van der Waals surface area contributed by atoms with Crippen molar-refractivity contribution in [3.8, 4) is 5.75 Å². The van der Waals surface area contributed by atoms with Crippen molar-refractivity contribution in [3.63, 3.8) is 0 Å². The average molecular weight is 435 g/mol. The van der Waals surface area contributed by atoms with Crippen LogP contribution >= 0.6 is 11.3 Å². The molecule has 0 aliphatic heterocycles. The Kier molecular flexibility index (Phi) is 5.67. The number of nitrogens with zero attached hydrogens (tertiary/aromatic N) is 1. The zero-order valence-electron chi connectivity index (χ0n) is 18.2. The van der Waals surface area contributed by atoms with Gasteiger partial charge in [0, 0.05) is 17.2 Å². The Morgan fingerprint density at radius 3 is 2.71 bits per heavy atom. The number of thiazole rings is 1. The van der Waals surface area contributed by atoms with Gasteiger partial charge < -0.3 is 4.74 Å². The van der Waals surface area contributed by atoms with E-state index in [1.807, 2.05) is 43.5 Å². The first-order chi connectivity index (χ1) is 14.8. The number of anilines is 1. The summed E-state index contributed by atoms with van der Waals surface area (Å²) in [6.45, 7) is 8.10. The van der Waals surface area contributed by atoms with Gasteiger partial charge >= 0.3 is 0 Å². The van der Waals surface area contributed by atoms with Gasteiger partial charge in [0.25, 0.3) is 5.91 Å². The van der Waals surface area contributed by atoms with E-state index in [0.29, 0.717) is 22.9 Å². The highest BCUT2D eigenvalue weighted by molar-refractivity contribution is 7.14. The van der Waals surface area contributed by atoms with E-state index in [9.17, 15) is 9.59 Å². The molecule has 3 aromatic rings. The molecular weight excluding hydrogens is 408 g/mol. The van der Waals surface area contributed by atoms with Crippen LogP contribution in [0.4, 0.5) is 5.13 Å². The number of ether oxygens (including phenoxy) is 1. The van der Waals surface area contributed by atoms with E-state index in [2.05, 4.69) is 36.3 Å². The molecule has 160 valence electrons. The molecule has 1 unspecified atom stereocenters. The Morgan fingerprint density at radius 2 is 1.97 bits per heavy atom. The SMILES string of the molecule is Cc1ccc(OCC(=O)Nc2nc(C(C)(C)c3ccccc3)cs2)c2c1C(C)CC2=O. The number of nitrogens with one attached hydrogen (secondary N) is 1. The summed E-state index contributed by atoms with van der Waals surface area (Å²) in [7, 11) is 0. The Morgan fingerprint density at radius 1 is 1.23 bits per heavy atom. The molecule has 1 aliphatic rings. The molecule has 0 saturated carbocycles. The van der Waals surface area contributed by atoms with Crippen molar-refractivity contribution in [3.05, 3.63) is 75.8 Å². The maximum atomic E-state index is 12.5. The van der Waals surface area contributed by atoms with Crippen LogP contribution in [0.5, 0.6) is 5.75 Å². The normalized spacial score (nSPS) is 15.6. The Balaban J connectivity index is 1.43. The summed E-state index contributed by atoms with van der Waals surface area (Å²) in [4.78, 5) is 29.5. The quantitative estimate of drug-likeness (QED) is 0.557. The Bertz CT molecular complexity index is 1130. The number of ketones is 1. The fourth-order valence-corrected chi connectivity index (χ4v) is 5.04. The summed E-state index contributed by atoms with van der Waals surface area (Å²) >= 11 is 1.39. The summed E-state index contributed by atoms with van der Waals surface area (Å²) in [6, 6.07) is 13.9. The van der Waals surface area contributed by atoms with E-state index >= 15 is 0 Å². The fraction of sp³-hybridized carbons (Fsp3) is 0.320. The summed E-state index contributed by atoms with van der Waals surface area (Å²) in [6.07, 6.45) is 0.488. The molecule has 1 heterocycles. The van der Waals surface area contributed by atoms with Crippen LogP contribution in [-0.2, 0) is 10.2 Å². The molecule has 2 aromatic carbocycles. The van der Waals surface area contributed by atoms with Gasteiger partial charge in [-0.25, -0.2) is 4.98 Å². The minimum atomic E-state index is -0.300. The van der Waals surface area contributed by atoms with Crippen LogP contribution in [0.25, 0.3) is 0 Å². The maximum absolute atomic E-state index is 12.5. The second kappa shape index (κ2) is 8.27. The maximum Gasteiger partial charge on any atom is 0.264 e. The van der Waals surface area contributed by atoms with E-state index in [1.54, 1.807) is 6.07 Å². The molecule has 1 amide bonds. The smallest absolute Gasteiger partial charge is 0.264 e. The third-order valence-corrected chi connectivity index (χ3v) is 6.69. The average Bonchev–Trinajstić information content (AvgIpc) is 3.33. The first kappa shape index (κ1) is 21.2. The van der Waals surface area contributed by atoms with E-state index < -0.39 is 0 Å². The molecule has 6 heteroatoms. The summed E-state index contributed by atoms with van der Waals surface area (Å²) in [5, 5.41) is 5.32. The van der Waals surface area contributed by atoms with Crippen LogP contribution in [0.3, 0.4) is 0 Å². The van der Waals surface area contributed by atoms with Crippen molar-refractivity contribution < 1.29 is 14.3 Å². The molecule has 5 nitrogen and oxygen atoms in total. The lowest BCUT2D eigenvalue weighted by Crippen LogP contribution is -2.22. The van der Waals surface area contributed by atoms with Crippen molar-refractivity contribution in [2.45, 2.75) is 45.4 Å². The fourth-order valence-electron chi connectivity index (χ4n) is 4.15. The van der Waals surface area contributed by atoms with Crippen molar-refractivity contribution in [2.24, 2.45) is 0 Å². The molecule has 1 N–H and O–H groups in total. The van der Waals surface area contributed by atoms with Gasteiger partial charge in [-0.05, 0) is 35.6 Å². The second-order valence-corrected chi connectivity index (χ2v) is 9.42. The summed E-state index contributed by atoms with van der Waals surface area (Å²) in [5.41, 5.74) is 4.54. The van der Waals surface area contributed by atoms with Crippen LogP contribution in [0, 0.1) is 6.92 Å². The molecule has 0 saturated heterocycles. The van der Waals surface area contributed by atoms with Crippen LogP contribution < -0.4 is 10.1 Å². The third-order valence-electron chi connectivity index (χ3n) is 5.93. The van der Waals surface area contributed by atoms with Gasteiger partial charge in [-0.3, -0.25) is 14.9 Å². The summed E-state index contributed by atoms with van der Waals surface area (Å²) < 4.78 is 5.74. The van der Waals surface area contributed by atoms with Crippen molar-refractivity contribution in [1.29, 1.82) is 0 Å². The molecule has 1 aliphatic carbocycles. The molecular formula is C25H26N2O3S. The highest BCUT2D eigenvalue weighted by Gasteiger charge is 2.31. The van der Waals surface area contributed by atoms with Gasteiger partial charge in [-0.1, -0.05) is 57.2 Å². The monoisotopic (exact) mass is 434 g/mol. The van der Waals surface area contributed by atoms with Gasteiger partial charge in [-0.15, -0.1) is 11.3 Å². The number of hydrogen-bond donors (Lipinski definition) is 1.